The standard InChI is InChI=1S/C14H21N/c1-10-4-3-5-12(6-10)13-7-11(2)8-14(15)9-13/h7-10,12H,3-6,15H2,1-2H3/t10-,12+/m0/s1. The molecule has 0 radical (unpaired) electrons. The van der Waals surface area contributed by atoms with Crippen LogP contribution < -0.4 is 5.73 Å². The first-order valence-electron chi connectivity index (χ1n) is 6.02. The lowest BCUT2D eigenvalue weighted by atomic mass is 9.78. The van der Waals surface area contributed by atoms with Crippen LogP contribution in [0.15, 0.2) is 18.2 Å². The molecule has 1 aromatic rings. The summed E-state index contributed by atoms with van der Waals surface area (Å²) in [6, 6.07) is 6.52. The van der Waals surface area contributed by atoms with Crippen molar-refractivity contribution >= 4 is 5.69 Å². The van der Waals surface area contributed by atoms with Crippen LogP contribution in [0.1, 0.15) is 49.7 Å². The zero-order chi connectivity index (χ0) is 10.8. The van der Waals surface area contributed by atoms with Gasteiger partial charge in [0.1, 0.15) is 0 Å². The molecule has 15 heavy (non-hydrogen) atoms. The zero-order valence-electron chi connectivity index (χ0n) is 9.79. The number of aryl methyl sites for hydroxylation is 1. The summed E-state index contributed by atoms with van der Waals surface area (Å²) in [5, 5.41) is 0. The molecule has 82 valence electrons. The summed E-state index contributed by atoms with van der Waals surface area (Å²) in [7, 11) is 0. The Morgan fingerprint density at radius 1 is 1.20 bits per heavy atom. The SMILES string of the molecule is Cc1cc(N)cc([C@@H]2CCC[C@H](C)C2)c1. The summed E-state index contributed by atoms with van der Waals surface area (Å²) in [4.78, 5) is 0. The van der Waals surface area contributed by atoms with Crippen molar-refractivity contribution in [3.05, 3.63) is 29.3 Å². The number of rotatable bonds is 1. The second-order valence-corrected chi connectivity index (χ2v) is 5.15. The van der Waals surface area contributed by atoms with Gasteiger partial charge in [0.25, 0.3) is 0 Å². The highest BCUT2D eigenvalue weighted by molar-refractivity contribution is 5.45. The largest absolute Gasteiger partial charge is 0.399 e. The predicted octanol–water partition coefficient (Wildman–Crippen LogP) is 3.87. The van der Waals surface area contributed by atoms with Crippen LogP contribution in [0.5, 0.6) is 0 Å². The highest BCUT2D eigenvalue weighted by atomic mass is 14.5. The second-order valence-electron chi connectivity index (χ2n) is 5.15. The summed E-state index contributed by atoms with van der Waals surface area (Å²) < 4.78 is 0. The number of nitrogens with two attached hydrogens (primary N) is 1. The molecule has 0 aliphatic heterocycles. The first kappa shape index (κ1) is 10.5. The molecular formula is C14H21N. The van der Waals surface area contributed by atoms with Gasteiger partial charge in [0.15, 0.2) is 0 Å². The Balaban J connectivity index is 2.20. The summed E-state index contributed by atoms with van der Waals surface area (Å²) in [6.07, 6.45) is 5.45. The maximum absolute atomic E-state index is 5.90. The van der Waals surface area contributed by atoms with Crippen molar-refractivity contribution in [3.63, 3.8) is 0 Å². The quantitative estimate of drug-likeness (QED) is 0.689. The Bertz CT molecular complexity index is 323. The van der Waals surface area contributed by atoms with Gasteiger partial charge in [-0.1, -0.05) is 25.8 Å². The Labute approximate surface area is 92.7 Å². The van der Waals surface area contributed by atoms with E-state index in [1.165, 1.54) is 36.8 Å². The van der Waals surface area contributed by atoms with E-state index >= 15 is 0 Å². The van der Waals surface area contributed by atoms with Gasteiger partial charge in [-0.25, -0.2) is 0 Å². The molecule has 1 fully saturated rings. The van der Waals surface area contributed by atoms with Crippen molar-refractivity contribution in [3.8, 4) is 0 Å². The molecule has 1 saturated carbocycles. The molecule has 1 heteroatoms. The molecule has 1 aliphatic rings. The van der Waals surface area contributed by atoms with Gasteiger partial charge in [-0.05, 0) is 54.9 Å². The molecule has 0 spiro atoms. The maximum atomic E-state index is 5.90. The molecule has 2 N–H and O–H groups in total. The van der Waals surface area contributed by atoms with Gasteiger partial charge in [0.2, 0.25) is 0 Å². The van der Waals surface area contributed by atoms with Crippen LogP contribution in [0, 0.1) is 12.8 Å². The van der Waals surface area contributed by atoms with Crippen LogP contribution in [0.4, 0.5) is 5.69 Å². The lowest BCUT2D eigenvalue weighted by Gasteiger charge is -2.27. The van der Waals surface area contributed by atoms with E-state index in [1.54, 1.807) is 0 Å². The van der Waals surface area contributed by atoms with Crippen molar-refractivity contribution in [1.82, 2.24) is 0 Å². The molecule has 1 aliphatic carbocycles. The Hall–Kier alpha value is -0.980. The lowest BCUT2D eigenvalue weighted by molar-refractivity contribution is 0.344. The van der Waals surface area contributed by atoms with E-state index in [0.29, 0.717) is 0 Å². The number of hydrogen-bond acceptors (Lipinski definition) is 1. The average Bonchev–Trinajstić information content (AvgIpc) is 2.16. The third kappa shape index (κ3) is 2.53. The third-order valence-corrected chi connectivity index (χ3v) is 3.53. The predicted molar refractivity (Wildman–Crippen MR) is 66.0 cm³/mol. The molecule has 0 amide bonds. The number of anilines is 1. The monoisotopic (exact) mass is 203 g/mol. The fourth-order valence-electron chi connectivity index (χ4n) is 2.82. The normalized spacial score (nSPS) is 26.5. The average molecular weight is 203 g/mol. The Kier molecular flexibility index (Phi) is 2.99. The van der Waals surface area contributed by atoms with Gasteiger partial charge < -0.3 is 5.73 Å². The molecule has 2 atom stereocenters. The van der Waals surface area contributed by atoms with Gasteiger partial charge >= 0.3 is 0 Å². The molecular weight excluding hydrogens is 182 g/mol. The van der Waals surface area contributed by atoms with Crippen molar-refractivity contribution < 1.29 is 0 Å². The van der Waals surface area contributed by atoms with Crippen molar-refractivity contribution in [1.29, 1.82) is 0 Å². The molecule has 1 nitrogen and oxygen atoms in total. The summed E-state index contributed by atoms with van der Waals surface area (Å²) in [6.45, 7) is 4.50. The molecule has 0 saturated heterocycles. The van der Waals surface area contributed by atoms with Crippen LogP contribution in [0.25, 0.3) is 0 Å². The van der Waals surface area contributed by atoms with Crippen LogP contribution in [0.3, 0.4) is 0 Å². The molecule has 0 unspecified atom stereocenters. The van der Waals surface area contributed by atoms with Crippen molar-refractivity contribution in [2.75, 3.05) is 5.73 Å². The molecule has 0 aromatic heterocycles. The molecule has 0 heterocycles. The number of nitrogen functional groups attached to an aromatic ring is 1. The minimum absolute atomic E-state index is 0.746. The van der Waals surface area contributed by atoms with Crippen LogP contribution in [0.2, 0.25) is 0 Å². The molecule has 2 rings (SSSR count). The van der Waals surface area contributed by atoms with E-state index < -0.39 is 0 Å². The van der Waals surface area contributed by atoms with Crippen molar-refractivity contribution in [2.45, 2.75) is 45.4 Å². The van der Waals surface area contributed by atoms with Gasteiger partial charge in [-0.15, -0.1) is 0 Å². The Morgan fingerprint density at radius 3 is 2.67 bits per heavy atom. The highest BCUT2D eigenvalue weighted by Crippen LogP contribution is 2.36. The topological polar surface area (TPSA) is 26.0 Å². The van der Waals surface area contributed by atoms with E-state index in [-0.39, 0.29) is 0 Å². The van der Waals surface area contributed by atoms with Gasteiger partial charge in [0, 0.05) is 5.69 Å². The van der Waals surface area contributed by atoms with Crippen molar-refractivity contribution in [2.24, 2.45) is 5.92 Å². The number of hydrogen-bond donors (Lipinski definition) is 1. The summed E-state index contributed by atoms with van der Waals surface area (Å²) in [5.41, 5.74) is 9.57. The van der Waals surface area contributed by atoms with E-state index in [9.17, 15) is 0 Å². The molecule has 1 aromatic carbocycles. The third-order valence-electron chi connectivity index (χ3n) is 3.53. The molecule has 0 bridgehead atoms. The van der Waals surface area contributed by atoms with Gasteiger partial charge in [-0.2, -0.15) is 0 Å². The lowest BCUT2D eigenvalue weighted by Crippen LogP contribution is -2.12. The summed E-state index contributed by atoms with van der Waals surface area (Å²) >= 11 is 0. The minimum atomic E-state index is 0.746. The van der Waals surface area contributed by atoms with Crippen LogP contribution >= 0.6 is 0 Å². The maximum Gasteiger partial charge on any atom is 0.0319 e. The van der Waals surface area contributed by atoms with E-state index in [0.717, 1.165) is 17.5 Å². The van der Waals surface area contributed by atoms with Crippen LogP contribution in [-0.2, 0) is 0 Å². The highest BCUT2D eigenvalue weighted by Gasteiger charge is 2.20. The second kappa shape index (κ2) is 4.26. The first-order valence-corrected chi connectivity index (χ1v) is 6.02. The number of benzene rings is 1. The van der Waals surface area contributed by atoms with E-state index in [2.05, 4.69) is 32.0 Å². The minimum Gasteiger partial charge on any atom is -0.399 e. The summed E-state index contributed by atoms with van der Waals surface area (Å²) in [5.74, 6) is 1.63. The smallest absolute Gasteiger partial charge is 0.0319 e. The van der Waals surface area contributed by atoms with Gasteiger partial charge in [-0.3, -0.25) is 0 Å². The van der Waals surface area contributed by atoms with Crippen LogP contribution in [-0.4, -0.2) is 0 Å². The van der Waals surface area contributed by atoms with E-state index in [4.69, 9.17) is 5.73 Å². The fraction of sp³-hybridized carbons (Fsp3) is 0.571. The zero-order valence-corrected chi connectivity index (χ0v) is 9.79. The fourth-order valence-corrected chi connectivity index (χ4v) is 2.82. The van der Waals surface area contributed by atoms with E-state index in [1.807, 2.05) is 0 Å². The van der Waals surface area contributed by atoms with Gasteiger partial charge in [0.05, 0.1) is 0 Å². The Morgan fingerprint density at radius 2 is 2.00 bits per heavy atom. The first-order chi connectivity index (χ1) is 7.15.